The number of piperidine rings is 1. The Morgan fingerprint density at radius 1 is 1.69 bits per heavy atom. The molecule has 1 aliphatic heterocycles. The van der Waals surface area contributed by atoms with E-state index in [1.807, 2.05) is 6.92 Å². The van der Waals surface area contributed by atoms with Crippen LogP contribution in [-0.2, 0) is 9.59 Å². The number of carbonyl (C=O) groups excluding carboxylic acids is 1. The van der Waals surface area contributed by atoms with Gasteiger partial charge in [-0.15, -0.1) is 0 Å². The SMILES string of the molecule is CCCC1CC(C(=O)O)CC(=O)N1. The number of aliphatic carboxylic acids is 1. The first-order valence-corrected chi connectivity index (χ1v) is 4.65. The molecule has 0 bridgehead atoms. The van der Waals surface area contributed by atoms with Crippen LogP contribution in [0.4, 0.5) is 0 Å². The molecule has 0 aromatic carbocycles. The summed E-state index contributed by atoms with van der Waals surface area (Å²) in [5.41, 5.74) is 0. The first kappa shape index (κ1) is 10.0. The van der Waals surface area contributed by atoms with Crippen LogP contribution < -0.4 is 5.32 Å². The van der Waals surface area contributed by atoms with E-state index in [0.29, 0.717) is 6.42 Å². The number of hydrogen-bond acceptors (Lipinski definition) is 2. The van der Waals surface area contributed by atoms with E-state index in [2.05, 4.69) is 5.32 Å². The van der Waals surface area contributed by atoms with E-state index in [-0.39, 0.29) is 18.4 Å². The number of carboxylic acid groups (broad SMARTS) is 1. The fourth-order valence-corrected chi connectivity index (χ4v) is 1.72. The predicted molar refractivity (Wildman–Crippen MR) is 47.2 cm³/mol. The van der Waals surface area contributed by atoms with Crippen molar-refractivity contribution in [3.8, 4) is 0 Å². The van der Waals surface area contributed by atoms with E-state index in [1.54, 1.807) is 0 Å². The van der Waals surface area contributed by atoms with Crippen LogP contribution in [0.2, 0.25) is 0 Å². The molecule has 0 aromatic rings. The van der Waals surface area contributed by atoms with Crippen molar-refractivity contribution >= 4 is 11.9 Å². The van der Waals surface area contributed by atoms with Crippen LogP contribution in [0.15, 0.2) is 0 Å². The molecule has 0 aromatic heterocycles. The minimum absolute atomic E-state index is 0.0624. The summed E-state index contributed by atoms with van der Waals surface area (Å²) in [7, 11) is 0. The molecule has 13 heavy (non-hydrogen) atoms. The van der Waals surface area contributed by atoms with Crippen molar-refractivity contribution in [3.63, 3.8) is 0 Å². The Hall–Kier alpha value is -1.06. The van der Waals surface area contributed by atoms with Crippen molar-refractivity contribution in [3.05, 3.63) is 0 Å². The highest BCUT2D eigenvalue weighted by atomic mass is 16.4. The van der Waals surface area contributed by atoms with Gasteiger partial charge in [0.25, 0.3) is 0 Å². The first-order chi connectivity index (χ1) is 6.13. The second kappa shape index (κ2) is 4.25. The molecule has 1 rings (SSSR count). The third-order valence-electron chi connectivity index (χ3n) is 2.35. The van der Waals surface area contributed by atoms with Crippen molar-refractivity contribution in [1.82, 2.24) is 5.32 Å². The number of nitrogens with one attached hydrogen (secondary N) is 1. The second-order valence-corrected chi connectivity index (χ2v) is 3.53. The molecule has 0 spiro atoms. The van der Waals surface area contributed by atoms with E-state index >= 15 is 0 Å². The lowest BCUT2D eigenvalue weighted by atomic mass is 9.90. The quantitative estimate of drug-likeness (QED) is 0.682. The Morgan fingerprint density at radius 2 is 2.38 bits per heavy atom. The molecule has 1 amide bonds. The average molecular weight is 185 g/mol. The zero-order valence-corrected chi connectivity index (χ0v) is 7.75. The van der Waals surface area contributed by atoms with Gasteiger partial charge in [-0.3, -0.25) is 9.59 Å². The second-order valence-electron chi connectivity index (χ2n) is 3.53. The Kier molecular flexibility index (Phi) is 3.28. The Labute approximate surface area is 77.3 Å². The first-order valence-electron chi connectivity index (χ1n) is 4.65. The van der Waals surface area contributed by atoms with E-state index in [0.717, 1.165) is 12.8 Å². The predicted octanol–water partition coefficient (Wildman–Crippen LogP) is 0.766. The third kappa shape index (κ3) is 2.72. The average Bonchev–Trinajstić information content (AvgIpc) is 2.03. The van der Waals surface area contributed by atoms with Gasteiger partial charge in [-0.05, 0) is 12.8 Å². The van der Waals surface area contributed by atoms with Gasteiger partial charge in [0.2, 0.25) is 5.91 Å². The fraction of sp³-hybridized carbons (Fsp3) is 0.778. The molecule has 2 N–H and O–H groups in total. The fourth-order valence-electron chi connectivity index (χ4n) is 1.72. The summed E-state index contributed by atoms with van der Waals surface area (Å²) in [6, 6.07) is 0.0624. The summed E-state index contributed by atoms with van der Waals surface area (Å²) < 4.78 is 0. The minimum atomic E-state index is -0.851. The molecule has 2 unspecified atom stereocenters. The molecule has 1 aliphatic rings. The zero-order chi connectivity index (χ0) is 9.84. The maximum Gasteiger partial charge on any atom is 0.307 e. The molecule has 1 fully saturated rings. The highest BCUT2D eigenvalue weighted by molar-refractivity contribution is 5.83. The van der Waals surface area contributed by atoms with Crippen LogP contribution in [0, 0.1) is 5.92 Å². The largest absolute Gasteiger partial charge is 0.481 e. The highest BCUT2D eigenvalue weighted by Gasteiger charge is 2.30. The molecule has 0 radical (unpaired) electrons. The highest BCUT2D eigenvalue weighted by Crippen LogP contribution is 2.19. The van der Waals surface area contributed by atoms with Gasteiger partial charge in [-0.2, -0.15) is 0 Å². The summed E-state index contributed by atoms with van der Waals surface area (Å²) in [5, 5.41) is 11.6. The number of rotatable bonds is 3. The summed E-state index contributed by atoms with van der Waals surface area (Å²) in [6.45, 7) is 2.02. The van der Waals surface area contributed by atoms with Crippen LogP contribution in [0.3, 0.4) is 0 Å². The monoisotopic (exact) mass is 185 g/mol. The molecule has 2 atom stereocenters. The lowest BCUT2D eigenvalue weighted by Gasteiger charge is -2.27. The van der Waals surface area contributed by atoms with Crippen molar-refractivity contribution in [2.24, 2.45) is 5.92 Å². The van der Waals surface area contributed by atoms with Crippen molar-refractivity contribution in [2.45, 2.75) is 38.6 Å². The smallest absolute Gasteiger partial charge is 0.307 e. The van der Waals surface area contributed by atoms with Gasteiger partial charge in [0.1, 0.15) is 0 Å². The molecule has 0 saturated carbocycles. The van der Waals surface area contributed by atoms with Gasteiger partial charge in [0, 0.05) is 12.5 Å². The van der Waals surface area contributed by atoms with E-state index < -0.39 is 11.9 Å². The maximum atomic E-state index is 11.1. The molecular weight excluding hydrogens is 170 g/mol. The third-order valence-corrected chi connectivity index (χ3v) is 2.35. The Balaban J connectivity index is 2.52. The topological polar surface area (TPSA) is 66.4 Å². The number of amides is 1. The number of carboxylic acids is 1. The number of hydrogen-bond donors (Lipinski definition) is 2. The molecular formula is C9H15NO3. The molecule has 1 heterocycles. The van der Waals surface area contributed by atoms with Crippen molar-refractivity contribution in [2.75, 3.05) is 0 Å². The van der Waals surface area contributed by atoms with E-state index in [4.69, 9.17) is 5.11 Å². The van der Waals surface area contributed by atoms with Crippen LogP contribution in [0.1, 0.15) is 32.6 Å². The van der Waals surface area contributed by atoms with Gasteiger partial charge in [0.15, 0.2) is 0 Å². The van der Waals surface area contributed by atoms with Crippen LogP contribution in [0.25, 0.3) is 0 Å². The standard InChI is InChI=1S/C9H15NO3/c1-2-3-7-4-6(9(12)13)5-8(11)10-7/h6-7H,2-5H2,1H3,(H,10,11)(H,12,13). The maximum absolute atomic E-state index is 11.1. The minimum Gasteiger partial charge on any atom is -0.481 e. The van der Waals surface area contributed by atoms with Gasteiger partial charge in [0.05, 0.1) is 5.92 Å². The summed E-state index contributed by atoms with van der Waals surface area (Å²) >= 11 is 0. The normalized spacial score (nSPS) is 28.2. The molecule has 4 heteroatoms. The van der Waals surface area contributed by atoms with Crippen molar-refractivity contribution in [1.29, 1.82) is 0 Å². The van der Waals surface area contributed by atoms with Gasteiger partial charge in [-0.25, -0.2) is 0 Å². The number of carbonyl (C=O) groups is 2. The summed E-state index contributed by atoms with van der Waals surface area (Å²) in [4.78, 5) is 21.8. The molecule has 4 nitrogen and oxygen atoms in total. The van der Waals surface area contributed by atoms with Crippen LogP contribution in [0.5, 0.6) is 0 Å². The van der Waals surface area contributed by atoms with Gasteiger partial charge >= 0.3 is 5.97 Å². The molecule has 74 valence electrons. The van der Waals surface area contributed by atoms with Gasteiger partial charge < -0.3 is 10.4 Å². The Morgan fingerprint density at radius 3 is 2.92 bits per heavy atom. The molecule has 1 saturated heterocycles. The lowest BCUT2D eigenvalue weighted by Crippen LogP contribution is -2.44. The van der Waals surface area contributed by atoms with Crippen LogP contribution >= 0.6 is 0 Å². The molecule has 0 aliphatic carbocycles. The lowest BCUT2D eigenvalue weighted by molar-refractivity contribution is -0.146. The van der Waals surface area contributed by atoms with Crippen LogP contribution in [-0.4, -0.2) is 23.0 Å². The van der Waals surface area contributed by atoms with Crippen molar-refractivity contribution < 1.29 is 14.7 Å². The van der Waals surface area contributed by atoms with E-state index in [1.165, 1.54) is 0 Å². The Bertz CT molecular complexity index is 215. The summed E-state index contributed by atoms with van der Waals surface area (Å²) in [6.07, 6.45) is 2.55. The summed E-state index contributed by atoms with van der Waals surface area (Å²) in [5.74, 6) is -1.46. The zero-order valence-electron chi connectivity index (χ0n) is 7.75. The van der Waals surface area contributed by atoms with E-state index in [9.17, 15) is 9.59 Å². The van der Waals surface area contributed by atoms with Gasteiger partial charge in [-0.1, -0.05) is 13.3 Å².